The Hall–Kier alpha value is -2.52. The van der Waals surface area contributed by atoms with E-state index in [1.807, 2.05) is 6.07 Å². The maximum atomic E-state index is 6.20. The van der Waals surface area contributed by atoms with Crippen LogP contribution in [0.1, 0.15) is 11.6 Å². The van der Waals surface area contributed by atoms with Gasteiger partial charge in [-0.3, -0.25) is 0 Å². The van der Waals surface area contributed by atoms with E-state index in [9.17, 15) is 0 Å². The average Bonchev–Trinajstić information content (AvgIpc) is 3.09. The van der Waals surface area contributed by atoms with Crippen LogP contribution in [0, 0.1) is 0 Å². The Kier molecular flexibility index (Phi) is 3.87. The first-order valence-electron chi connectivity index (χ1n) is 7.98. The Morgan fingerprint density at radius 2 is 1.30 bits per heavy atom. The number of nitrogens with zero attached hydrogens (tertiary/aromatic N) is 1. The molecular weight excluding hydrogens is 281 g/mol. The highest BCUT2D eigenvalue weighted by Crippen LogP contribution is 2.33. The molecule has 1 heterocycles. The first-order valence-corrected chi connectivity index (χ1v) is 7.98. The van der Waals surface area contributed by atoms with Crippen molar-refractivity contribution < 1.29 is 4.65 Å². The molecule has 3 aromatic carbocycles. The van der Waals surface area contributed by atoms with Gasteiger partial charge in [0, 0.05) is 5.69 Å². The predicted octanol–water partition coefficient (Wildman–Crippen LogP) is 3.66. The van der Waals surface area contributed by atoms with Crippen LogP contribution in [0.15, 0.2) is 91.0 Å². The molecule has 0 aromatic heterocycles. The van der Waals surface area contributed by atoms with E-state index in [1.54, 1.807) is 0 Å². The van der Waals surface area contributed by atoms with Crippen molar-refractivity contribution in [1.82, 2.24) is 0 Å². The van der Waals surface area contributed by atoms with Gasteiger partial charge in [-0.05, 0) is 23.2 Å². The molecule has 0 aliphatic carbocycles. The van der Waals surface area contributed by atoms with Crippen molar-refractivity contribution in [2.45, 2.75) is 6.04 Å². The zero-order valence-electron chi connectivity index (χ0n) is 12.9. The van der Waals surface area contributed by atoms with E-state index in [0.717, 1.165) is 0 Å². The van der Waals surface area contributed by atoms with E-state index in [2.05, 4.69) is 89.7 Å². The zero-order valence-corrected chi connectivity index (χ0v) is 12.9. The molecule has 0 saturated carbocycles. The van der Waals surface area contributed by atoms with Gasteiger partial charge in [0.05, 0.1) is 12.6 Å². The summed E-state index contributed by atoms with van der Waals surface area (Å²) < 4.78 is 6.20. The number of hydrogen-bond donors (Lipinski definition) is 0. The van der Waals surface area contributed by atoms with Crippen LogP contribution in [0.3, 0.4) is 0 Å². The summed E-state index contributed by atoms with van der Waals surface area (Å²) in [6.07, 6.45) is 0. The highest BCUT2D eigenvalue weighted by Gasteiger charge is 2.40. The molecule has 0 bridgehead atoms. The van der Waals surface area contributed by atoms with Crippen molar-refractivity contribution in [2.75, 3.05) is 11.4 Å². The Balaban J connectivity index is 1.77. The molecule has 0 amide bonds. The van der Waals surface area contributed by atoms with Gasteiger partial charge in [0.15, 0.2) is 0 Å². The van der Waals surface area contributed by atoms with E-state index in [-0.39, 0.29) is 13.1 Å². The fraction of sp³-hybridized carbons (Fsp3) is 0.100. The van der Waals surface area contributed by atoms with Gasteiger partial charge in [0.1, 0.15) is 0 Å². The van der Waals surface area contributed by atoms with Crippen molar-refractivity contribution in [1.29, 1.82) is 0 Å². The normalized spacial score (nSPS) is 17.5. The minimum Gasteiger partial charge on any atom is -0.410 e. The molecule has 4 rings (SSSR count). The Morgan fingerprint density at radius 1 is 0.739 bits per heavy atom. The molecule has 23 heavy (non-hydrogen) atoms. The van der Waals surface area contributed by atoms with E-state index in [1.165, 1.54) is 16.7 Å². The fourth-order valence-corrected chi connectivity index (χ4v) is 3.23. The molecule has 1 unspecified atom stereocenters. The lowest BCUT2D eigenvalue weighted by molar-refractivity contribution is 0.348. The minimum atomic E-state index is -0.0520. The predicted molar refractivity (Wildman–Crippen MR) is 95.9 cm³/mol. The van der Waals surface area contributed by atoms with Gasteiger partial charge < -0.3 is 9.47 Å². The average molecular weight is 299 g/mol. The first-order chi connectivity index (χ1) is 11.4. The quantitative estimate of drug-likeness (QED) is 0.684. The van der Waals surface area contributed by atoms with Crippen LogP contribution < -0.4 is 10.3 Å². The van der Waals surface area contributed by atoms with Gasteiger partial charge in [-0.1, -0.05) is 78.9 Å². The van der Waals surface area contributed by atoms with Crippen LogP contribution in [0.5, 0.6) is 0 Å². The molecule has 1 atom stereocenters. The van der Waals surface area contributed by atoms with Crippen LogP contribution >= 0.6 is 0 Å². The molecule has 1 aliphatic heterocycles. The van der Waals surface area contributed by atoms with Crippen molar-refractivity contribution in [3.05, 3.63) is 96.6 Å². The molecule has 2 nitrogen and oxygen atoms in total. The maximum Gasteiger partial charge on any atom is 0.452 e. The molecule has 3 aromatic rings. The summed E-state index contributed by atoms with van der Waals surface area (Å²) in [6.45, 7) is 0.693. The summed E-state index contributed by atoms with van der Waals surface area (Å²) in [4.78, 5) is 2.38. The Morgan fingerprint density at radius 3 is 1.96 bits per heavy atom. The minimum absolute atomic E-state index is 0.0520. The van der Waals surface area contributed by atoms with E-state index >= 15 is 0 Å². The molecule has 0 N–H and O–H groups in total. The largest absolute Gasteiger partial charge is 0.452 e. The molecule has 3 heteroatoms. The number of anilines is 1. The standard InChI is InChI=1S/C20H18BNO/c1-4-10-17(11-5-1)20-16-23-21(18-12-6-2-7-13-18)22(20)19-14-8-3-9-15-19/h1-15,20H,16H2. The SMILES string of the molecule is c1ccc(B2OCC(c3ccccc3)N2c2ccccc2)cc1. The van der Waals surface area contributed by atoms with Crippen LogP contribution in [0.4, 0.5) is 5.69 Å². The van der Waals surface area contributed by atoms with Gasteiger partial charge in [0.25, 0.3) is 0 Å². The lowest BCUT2D eigenvalue weighted by atomic mass is 9.71. The molecule has 112 valence electrons. The van der Waals surface area contributed by atoms with Crippen LogP contribution in [0.25, 0.3) is 0 Å². The van der Waals surface area contributed by atoms with Crippen molar-refractivity contribution in [3.63, 3.8) is 0 Å². The van der Waals surface area contributed by atoms with Crippen molar-refractivity contribution in [2.24, 2.45) is 0 Å². The van der Waals surface area contributed by atoms with Gasteiger partial charge >= 0.3 is 7.05 Å². The van der Waals surface area contributed by atoms with E-state index < -0.39 is 0 Å². The number of rotatable bonds is 3. The van der Waals surface area contributed by atoms with Gasteiger partial charge in [-0.2, -0.15) is 0 Å². The molecule has 0 radical (unpaired) electrons. The third-order valence-electron chi connectivity index (χ3n) is 4.32. The third kappa shape index (κ3) is 2.76. The molecule has 0 spiro atoms. The number of benzene rings is 3. The van der Waals surface area contributed by atoms with Crippen LogP contribution in [-0.4, -0.2) is 13.7 Å². The number of para-hydroxylation sites is 1. The van der Waals surface area contributed by atoms with E-state index in [0.29, 0.717) is 6.61 Å². The highest BCUT2D eigenvalue weighted by molar-refractivity contribution is 6.71. The van der Waals surface area contributed by atoms with E-state index in [4.69, 9.17) is 4.65 Å². The van der Waals surface area contributed by atoms with Gasteiger partial charge in [0.2, 0.25) is 0 Å². The zero-order chi connectivity index (χ0) is 15.5. The maximum absolute atomic E-state index is 6.20. The second kappa shape index (κ2) is 6.31. The summed E-state index contributed by atoms with van der Waals surface area (Å²) in [5, 5.41) is 0. The summed E-state index contributed by atoms with van der Waals surface area (Å²) in [6, 6.07) is 31.8. The summed E-state index contributed by atoms with van der Waals surface area (Å²) in [5.41, 5.74) is 3.66. The smallest absolute Gasteiger partial charge is 0.410 e. The second-order valence-corrected chi connectivity index (χ2v) is 5.77. The van der Waals surface area contributed by atoms with Crippen LogP contribution in [0.2, 0.25) is 0 Å². The number of hydrogen-bond acceptors (Lipinski definition) is 2. The fourth-order valence-electron chi connectivity index (χ4n) is 3.23. The highest BCUT2D eigenvalue weighted by atomic mass is 16.5. The lowest BCUT2D eigenvalue weighted by Crippen LogP contribution is -2.46. The van der Waals surface area contributed by atoms with Gasteiger partial charge in [-0.25, -0.2) is 0 Å². The molecular formula is C20H18BNO. The van der Waals surface area contributed by atoms with Gasteiger partial charge in [-0.15, -0.1) is 0 Å². The Labute approximate surface area is 137 Å². The molecule has 1 fully saturated rings. The van der Waals surface area contributed by atoms with Crippen molar-refractivity contribution in [3.8, 4) is 0 Å². The summed E-state index contributed by atoms with van der Waals surface area (Å²) >= 11 is 0. The lowest BCUT2D eigenvalue weighted by Gasteiger charge is -2.29. The third-order valence-corrected chi connectivity index (χ3v) is 4.32. The second-order valence-electron chi connectivity index (χ2n) is 5.77. The van der Waals surface area contributed by atoms with Crippen LogP contribution in [-0.2, 0) is 4.65 Å². The first kappa shape index (κ1) is 14.1. The molecule has 1 aliphatic rings. The topological polar surface area (TPSA) is 12.5 Å². The summed E-state index contributed by atoms with van der Waals surface area (Å²) in [7, 11) is -0.0520. The van der Waals surface area contributed by atoms with Crippen molar-refractivity contribution >= 4 is 18.2 Å². The Bertz CT molecular complexity index is 701. The monoisotopic (exact) mass is 299 g/mol. The summed E-state index contributed by atoms with van der Waals surface area (Å²) in [5.74, 6) is 0. The molecule has 1 saturated heterocycles.